The van der Waals surface area contributed by atoms with Gasteiger partial charge in [0.25, 0.3) is 0 Å². The van der Waals surface area contributed by atoms with Crippen LogP contribution in [0.1, 0.15) is 44.7 Å². The molecule has 0 saturated carbocycles. The normalized spacial score (nSPS) is 13.8. The number of hydrogen-bond donors (Lipinski definition) is 1. The molecule has 0 aromatic heterocycles. The van der Waals surface area contributed by atoms with Gasteiger partial charge in [-0.2, -0.15) is 13.2 Å². The van der Waals surface area contributed by atoms with Gasteiger partial charge in [-0.3, -0.25) is 0 Å². The lowest BCUT2D eigenvalue weighted by Gasteiger charge is -2.25. The van der Waals surface area contributed by atoms with Gasteiger partial charge < -0.3 is 5.32 Å². The van der Waals surface area contributed by atoms with Crippen molar-refractivity contribution in [1.29, 1.82) is 0 Å². The Labute approximate surface area is 125 Å². The van der Waals surface area contributed by atoms with Crippen LogP contribution in [0.4, 0.5) is 13.2 Å². The minimum Gasteiger partial charge on any atom is -0.314 e. The van der Waals surface area contributed by atoms with E-state index in [0.29, 0.717) is 12.6 Å². The van der Waals surface area contributed by atoms with Crippen LogP contribution < -0.4 is 5.32 Å². The van der Waals surface area contributed by atoms with Crippen molar-refractivity contribution in [3.8, 4) is 0 Å². The van der Waals surface area contributed by atoms with Gasteiger partial charge in [-0.05, 0) is 23.6 Å². The summed E-state index contributed by atoms with van der Waals surface area (Å²) < 4.78 is 37.9. The first-order valence-electron chi connectivity index (χ1n) is 7.22. The third-order valence-electron chi connectivity index (χ3n) is 3.56. The van der Waals surface area contributed by atoms with Crippen molar-refractivity contribution in [2.45, 2.75) is 45.8 Å². The van der Waals surface area contributed by atoms with Gasteiger partial charge >= 0.3 is 6.18 Å². The van der Waals surface area contributed by atoms with E-state index >= 15 is 0 Å². The highest BCUT2D eigenvalue weighted by Crippen LogP contribution is 2.32. The average molecular weight is 299 g/mol. The number of rotatable bonds is 6. The Morgan fingerprint density at radius 2 is 1.62 bits per heavy atom. The number of halogens is 3. The van der Waals surface area contributed by atoms with Gasteiger partial charge in [-0.15, -0.1) is 0 Å². The van der Waals surface area contributed by atoms with E-state index in [1.165, 1.54) is 0 Å². The minimum absolute atomic E-state index is 0.0229. The molecular weight excluding hydrogens is 275 g/mol. The number of alkyl halides is 3. The lowest BCUT2D eigenvalue weighted by Crippen LogP contribution is -2.29. The number of benzene rings is 1. The lowest BCUT2D eigenvalue weighted by molar-refractivity contribution is -0.137. The maximum Gasteiger partial charge on any atom is 0.416 e. The molecule has 0 aliphatic heterocycles. The second-order valence-corrected chi connectivity index (χ2v) is 5.96. The van der Waals surface area contributed by atoms with Crippen molar-refractivity contribution in [2.24, 2.45) is 5.92 Å². The molecule has 21 heavy (non-hydrogen) atoms. The molecule has 118 valence electrons. The highest BCUT2D eigenvalue weighted by Gasteiger charge is 2.30. The molecule has 0 spiro atoms. The monoisotopic (exact) mass is 299 g/mol. The maximum absolute atomic E-state index is 12.6. The summed E-state index contributed by atoms with van der Waals surface area (Å²) in [6, 6.07) is 5.73. The molecule has 0 saturated heterocycles. The van der Waals surface area contributed by atoms with E-state index in [9.17, 15) is 13.2 Å². The molecule has 0 radical (unpaired) electrons. The molecule has 1 N–H and O–H groups in total. The zero-order valence-corrected chi connectivity index (χ0v) is 13.1. The third kappa shape index (κ3) is 5.20. The summed E-state index contributed by atoms with van der Waals surface area (Å²) in [5, 5.41) is 3.34. The molecule has 1 aromatic rings. The van der Waals surface area contributed by atoms with E-state index in [4.69, 9.17) is 0 Å². The van der Waals surface area contributed by atoms with Gasteiger partial charge in [0.05, 0.1) is 5.56 Å². The second-order valence-electron chi connectivity index (χ2n) is 5.96. The van der Waals surface area contributed by atoms with Crippen molar-refractivity contribution < 1.29 is 13.2 Å². The summed E-state index contributed by atoms with van der Waals surface area (Å²) in [4.78, 5) is 0. The van der Waals surface area contributed by atoms with Crippen molar-refractivity contribution >= 4 is 0 Å². The Morgan fingerprint density at radius 3 is 2.00 bits per heavy atom. The second kappa shape index (κ2) is 7.12. The van der Waals surface area contributed by atoms with E-state index < -0.39 is 11.7 Å². The van der Waals surface area contributed by atoms with Crippen molar-refractivity contribution in [2.75, 3.05) is 6.54 Å². The predicted molar refractivity (Wildman–Crippen MR) is 81.3 cm³/mol. The Bertz CT molecular complexity index is 458. The van der Waals surface area contributed by atoms with E-state index in [0.717, 1.165) is 23.3 Å². The van der Waals surface area contributed by atoms with Gasteiger partial charge in [0, 0.05) is 18.5 Å². The SMILES string of the molecule is C=C(C(C)C)[C@H](CNC(C)C)c1ccc(C(F)(F)F)cc1. The average Bonchev–Trinajstić information content (AvgIpc) is 2.37. The molecule has 0 fully saturated rings. The van der Waals surface area contributed by atoms with Crippen LogP contribution in [0.25, 0.3) is 0 Å². The molecule has 1 aromatic carbocycles. The predicted octanol–water partition coefficient (Wildman–Crippen LogP) is 5.00. The Balaban J connectivity index is 3.00. The summed E-state index contributed by atoms with van der Waals surface area (Å²) in [5.74, 6) is 0.306. The Hall–Kier alpha value is -1.29. The maximum atomic E-state index is 12.6. The first-order valence-corrected chi connectivity index (χ1v) is 7.22. The van der Waals surface area contributed by atoms with Crippen molar-refractivity contribution in [3.05, 3.63) is 47.5 Å². The fraction of sp³-hybridized carbons (Fsp3) is 0.529. The highest BCUT2D eigenvalue weighted by molar-refractivity contribution is 5.32. The Morgan fingerprint density at radius 1 is 1.10 bits per heavy atom. The van der Waals surface area contributed by atoms with Crippen LogP contribution in [0.2, 0.25) is 0 Å². The van der Waals surface area contributed by atoms with Crippen molar-refractivity contribution in [3.63, 3.8) is 0 Å². The zero-order chi connectivity index (χ0) is 16.2. The molecule has 0 bridgehead atoms. The molecule has 0 amide bonds. The molecule has 0 aliphatic carbocycles. The van der Waals surface area contributed by atoms with Crippen LogP contribution in [0, 0.1) is 5.92 Å². The topological polar surface area (TPSA) is 12.0 Å². The highest BCUT2D eigenvalue weighted by atomic mass is 19.4. The van der Waals surface area contributed by atoms with Crippen LogP contribution in [-0.2, 0) is 6.18 Å². The molecule has 1 atom stereocenters. The van der Waals surface area contributed by atoms with Crippen LogP contribution in [0.3, 0.4) is 0 Å². The first kappa shape index (κ1) is 17.8. The number of nitrogens with one attached hydrogen (secondary N) is 1. The van der Waals surface area contributed by atoms with Crippen LogP contribution in [-0.4, -0.2) is 12.6 Å². The van der Waals surface area contributed by atoms with E-state index in [1.807, 2.05) is 13.8 Å². The minimum atomic E-state index is -4.29. The van der Waals surface area contributed by atoms with Gasteiger partial charge in [0.2, 0.25) is 0 Å². The largest absolute Gasteiger partial charge is 0.416 e. The fourth-order valence-corrected chi connectivity index (χ4v) is 2.12. The summed E-state index contributed by atoms with van der Waals surface area (Å²) in [6.07, 6.45) is -4.29. The van der Waals surface area contributed by atoms with Gasteiger partial charge in [-0.25, -0.2) is 0 Å². The summed E-state index contributed by atoms with van der Waals surface area (Å²) >= 11 is 0. The number of hydrogen-bond acceptors (Lipinski definition) is 1. The molecule has 1 rings (SSSR count). The lowest BCUT2D eigenvalue weighted by atomic mass is 9.85. The molecule has 4 heteroatoms. The molecule has 0 aliphatic rings. The van der Waals surface area contributed by atoms with Gasteiger partial charge in [-0.1, -0.05) is 52.0 Å². The first-order chi connectivity index (χ1) is 9.62. The molecular formula is C17H24F3N. The zero-order valence-electron chi connectivity index (χ0n) is 13.1. The van der Waals surface area contributed by atoms with E-state index in [2.05, 4.69) is 25.7 Å². The summed E-state index contributed by atoms with van der Waals surface area (Å²) in [5.41, 5.74) is 1.29. The molecule has 1 nitrogen and oxygen atoms in total. The van der Waals surface area contributed by atoms with E-state index in [-0.39, 0.29) is 11.8 Å². The van der Waals surface area contributed by atoms with Gasteiger partial charge in [0.1, 0.15) is 0 Å². The third-order valence-corrected chi connectivity index (χ3v) is 3.56. The summed E-state index contributed by atoms with van der Waals surface area (Å²) in [7, 11) is 0. The smallest absolute Gasteiger partial charge is 0.314 e. The standard InChI is InChI=1S/C17H24F3N/c1-11(2)13(5)16(10-21-12(3)4)14-6-8-15(9-7-14)17(18,19)20/h6-9,11-12,16,21H,5,10H2,1-4H3/t16-/m0/s1. The van der Waals surface area contributed by atoms with Crippen molar-refractivity contribution in [1.82, 2.24) is 5.32 Å². The quantitative estimate of drug-likeness (QED) is 0.729. The molecule has 0 unspecified atom stereocenters. The Kier molecular flexibility index (Phi) is 6.02. The molecule has 0 heterocycles. The van der Waals surface area contributed by atoms with E-state index in [1.54, 1.807) is 12.1 Å². The fourth-order valence-electron chi connectivity index (χ4n) is 2.12. The van der Waals surface area contributed by atoms with Crippen LogP contribution >= 0.6 is 0 Å². The van der Waals surface area contributed by atoms with Crippen LogP contribution in [0.5, 0.6) is 0 Å². The van der Waals surface area contributed by atoms with Gasteiger partial charge in [0.15, 0.2) is 0 Å². The van der Waals surface area contributed by atoms with Crippen LogP contribution in [0.15, 0.2) is 36.4 Å². The summed E-state index contributed by atoms with van der Waals surface area (Å²) in [6.45, 7) is 13.0.